The second kappa shape index (κ2) is 8.42. The summed E-state index contributed by atoms with van der Waals surface area (Å²) in [5.74, 6) is -0.00174. The fraction of sp³-hybridized carbons (Fsp3) is 0.522. The predicted octanol–water partition coefficient (Wildman–Crippen LogP) is 3.48. The summed E-state index contributed by atoms with van der Waals surface area (Å²) in [4.78, 5) is 25.1. The van der Waals surface area contributed by atoms with Crippen LogP contribution in [-0.2, 0) is 10.3 Å². The number of anilines is 1. The van der Waals surface area contributed by atoms with Gasteiger partial charge in [0.25, 0.3) is 0 Å². The summed E-state index contributed by atoms with van der Waals surface area (Å²) < 4.78 is 19.3. The van der Waals surface area contributed by atoms with Gasteiger partial charge in [-0.05, 0) is 32.3 Å². The minimum Gasteiger partial charge on any atom is -0.438 e. The number of cyclic esters (lactones) is 1. The average molecular weight is 429 g/mol. The van der Waals surface area contributed by atoms with E-state index in [1.165, 1.54) is 0 Å². The van der Waals surface area contributed by atoms with Crippen LogP contribution in [0.15, 0.2) is 42.7 Å². The average Bonchev–Trinajstić information content (AvgIpc) is 2.74. The topological polar surface area (TPSA) is 78.8 Å². The van der Waals surface area contributed by atoms with Gasteiger partial charge in [0, 0.05) is 32.5 Å². The SMILES string of the molecule is CC(C)(O)CC1(c2ccccc2)CCN(C2CCCN(c3ncc(F)cn3)C2)C(=O)O1. The van der Waals surface area contributed by atoms with Crippen LogP contribution >= 0.6 is 0 Å². The Hall–Kier alpha value is -2.74. The maximum Gasteiger partial charge on any atom is 0.410 e. The Morgan fingerprint density at radius 2 is 1.94 bits per heavy atom. The Balaban J connectivity index is 1.51. The van der Waals surface area contributed by atoms with E-state index in [0.29, 0.717) is 31.9 Å². The van der Waals surface area contributed by atoms with Crippen molar-refractivity contribution < 1.29 is 19.0 Å². The summed E-state index contributed by atoms with van der Waals surface area (Å²) >= 11 is 0. The molecule has 3 heterocycles. The van der Waals surface area contributed by atoms with Crippen molar-refractivity contribution >= 4 is 12.0 Å². The first-order chi connectivity index (χ1) is 14.8. The first-order valence-corrected chi connectivity index (χ1v) is 10.8. The minimum atomic E-state index is -0.986. The van der Waals surface area contributed by atoms with E-state index in [-0.39, 0.29) is 12.1 Å². The van der Waals surface area contributed by atoms with Crippen LogP contribution in [0.3, 0.4) is 0 Å². The van der Waals surface area contributed by atoms with E-state index >= 15 is 0 Å². The van der Waals surface area contributed by atoms with Crippen LogP contribution in [0.2, 0.25) is 0 Å². The third kappa shape index (κ3) is 4.79. The highest BCUT2D eigenvalue weighted by Crippen LogP contribution is 2.41. The number of piperidine rings is 1. The number of ether oxygens (including phenoxy) is 1. The molecule has 4 rings (SSSR count). The van der Waals surface area contributed by atoms with Crippen molar-refractivity contribution in [2.75, 3.05) is 24.5 Å². The fourth-order valence-electron chi connectivity index (χ4n) is 4.73. The molecule has 2 atom stereocenters. The molecule has 0 spiro atoms. The number of amides is 1. The molecule has 31 heavy (non-hydrogen) atoms. The maximum absolute atomic E-state index is 13.2. The highest BCUT2D eigenvalue weighted by Gasteiger charge is 2.47. The molecule has 1 aromatic heterocycles. The summed E-state index contributed by atoms with van der Waals surface area (Å²) in [5.41, 5.74) is -0.948. The Kier molecular flexibility index (Phi) is 5.83. The molecule has 2 aromatic rings. The summed E-state index contributed by atoms with van der Waals surface area (Å²) in [7, 11) is 0. The first-order valence-electron chi connectivity index (χ1n) is 10.8. The van der Waals surface area contributed by atoms with Crippen LogP contribution in [0.4, 0.5) is 15.1 Å². The van der Waals surface area contributed by atoms with Crippen LogP contribution in [0, 0.1) is 5.82 Å². The Bertz CT molecular complexity index is 903. The van der Waals surface area contributed by atoms with Gasteiger partial charge in [0.15, 0.2) is 5.82 Å². The summed E-state index contributed by atoms with van der Waals surface area (Å²) in [6.07, 6.45) is 4.60. The lowest BCUT2D eigenvalue weighted by Gasteiger charge is -2.47. The highest BCUT2D eigenvalue weighted by atomic mass is 19.1. The van der Waals surface area contributed by atoms with E-state index in [1.54, 1.807) is 18.7 Å². The van der Waals surface area contributed by atoms with Gasteiger partial charge in [-0.3, -0.25) is 0 Å². The molecule has 2 unspecified atom stereocenters. The van der Waals surface area contributed by atoms with Gasteiger partial charge in [0.05, 0.1) is 24.0 Å². The smallest absolute Gasteiger partial charge is 0.410 e. The highest BCUT2D eigenvalue weighted by molar-refractivity contribution is 5.70. The quantitative estimate of drug-likeness (QED) is 0.786. The maximum atomic E-state index is 13.2. The van der Waals surface area contributed by atoms with Gasteiger partial charge < -0.3 is 19.6 Å². The Labute approximate surface area is 181 Å². The van der Waals surface area contributed by atoms with Gasteiger partial charge in [-0.25, -0.2) is 19.2 Å². The van der Waals surface area contributed by atoms with Crippen LogP contribution in [0.1, 0.15) is 45.1 Å². The van der Waals surface area contributed by atoms with Crippen LogP contribution in [0.5, 0.6) is 0 Å². The molecule has 0 radical (unpaired) electrons. The van der Waals surface area contributed by atoms with Crippen molar-refractivity contribution in [1.82, 2.24) is 14.9 Å². The van der Waals surface area contributed by atoms with Gasteiger partial charge >= 0.3 is 6.09 Å². The molecule has 1 N–H and O–H groups in total. The molecular weight excluding hydrogens is 399 g/mol. The number of hydrogen-bond donors (Lipinski definition) is 1. The second-order valence-electron chi connectivity index (χ2n) is 9.10. The summed E-state index contributed by atoms with van der Waals surface area (Å²) in [6, 6.07) is 9.62. The van der Waals surface area contributed by atoms with Gasteiger partial charge in [0.1, 0.15) is 5.60 Å². The summed E-state index contributed by atoms with van der Waals surface area (Å²) in [5, 5.41) is 10.5. The second-order valence-corrected chi connectivity index (χ2v) is 9.10. The van der Waals surface area contributed by atoms with Crippen molar-refractivity contribution in [3.8, 4) is 0 Å². The number of nitrogens with zero attached hydrogens (tertiary/aromatic N) is 4. The molecule has 0 bridgehead atoms. The minimum absolute atomic E-state index is 0.0363. The lowest BCUT2D eigenvalue weighted by Crippen LogP contribution is -2.57. The molecule has 2 aliphatic heterocycles. The monoisotopic (exact) mass is 428 g/mol. The predicted molar refractivity (Wildman–Crippen MR) is 114 cm³/mol. The first kappa shape index (κ1) is 21.5. The van der Waals surface area contributed by atoms with Crippen molar-refractivity contribution in [1.29, 1.82) is 0 Å². The molecule has 2 fully saturated rings. The fourth-order valence-corrected chi connectivity index (χ4v) is 4.73. The molecule has 1 aromatic carbocycles. The molecule has 2 saturated heterocycles. The molecule has 1 amide bonds. The number of benzene rings is 1. The number of carbonyl (C=O) groups excluding carboxylic acids is 1. The largest absolute Gasteiger partial charge is 0.438 e. The van der Waals surface area contributed by atoms with E-state index in [4.69, 9.17) is 4.74 Å². The summed E-state index contributed by atoms with van der Waals surface area (Å²) in [6.45, 7) is 5.34. The number of aliphatic hydroxyl groups is 1. The zero-order chi connectivity index (χ0) is 22.1. The number of halogens is 1. The van der Waals surface area contributed by atoms with Crippen LogP contribution in [0.25, 0.3) is 0 Å². The number of rotatable bonds is 5. The lowest BCUT2D eigenvalue weighted by molar-refractivity contribution is -0.102. The van der Waals surface area contributed by atoms with Gasteiger partial charge in [-0.1, -0.05) is 30.3 Å². The third-order valence-corrected chi connectivity index (χ3v) is 6.02. The molecule has 0 aliphatic carbocycles. The number of hydrogen-bond acceptors (Lipinski definition) is 6. The normalized spacial score (nSPS) is 24.8. The van der Waals surface area contributed by atoms with E-state index in [9.17, 15) is 14.3 Å². The zero-order valence-electron chi connectivity index (χ0n) is 18.0. The van der Waals surface area contributed by atoms with E-state index in [2.05, 4.69) is 9.97 Å². The molecule has 7 nitrogen and oxygen atoms in total. The van der Waals surface area contributed by atoms with E-state index in [1.807, 2.05) is 35.2 Å². The molecule has 2 aliphatic rings. The van der Waals surface area contributed by atoms with E-state index in [0.717, 1.165) is 37.3 Å². The Morgan fingerprint density at radius 1 is 1.23 bits per heavy atom. The molecule has 166 valence electrons. The van der Waals surface area contributed by atoms with Gasteiger partial charge in [0.2, 0.25) is 5.95 Å². The lowest BCUT2D eigenvalue weighted by atomic mass is 9.80. The van der Waals surface area contributed by atoms with Gasteiger partial charge in [-0.2, -0.15) is 0 Å². The number of carbonyl (C=O) groups is 1. The third-order valence-electron chi connectivity index (χ3n) is 6.02. The molecular formula is C23H29FN4O3. The van der Waals surface area contributed by atoms with Crippen molar-refractivity contribution in [2.45, 2.75) is 56.8 Å². The van der Waals surface area contributed by atoms with Crippen LogP contribution < -0.4 is 4.90 Å². The van der Waals surface area contributed by atoms with Crippen molar-refractivity contribution in [3.05, 3.63) is 54.1 Å². The van der Waals surface area contributed by atoms with E-state index < -0.39 is 17.0 Å². The Morgan fingerprint density at radius 3 is 2.58 bits per heavy atom. The zero-order valence-corrected chi connectivity index (χ0v) is 18.0. The van der Waals surface area contributed by atoms with Crippen molar-refractivity contribution in [3.63, 3.8) is 0 Å². The van der Waals surface area contributed by atoms with Crippen LogP contribution in [-0.4, -0.2) is 57.3 Å². The number of aromatic nitrogens is 2. The van der Waals surface area contributed by atoms with Crippen molar-refractivity contribution in [2.24, 2.45) is 0 Å². The standard InChI is InChI=1S/C23H29FN4O3/c1-22(2,30)16-23(17-7-4-3-5-8-17)10-12-28(21(29)31-23)19-9-6-11-27(15-19)20-25-13-18(24)14-26-20/h3-5,7-8,13-14,19,30H,6,9-12,15-16H2,1-2H3. The molecule has 8 heteroatoms. The molecule has 0 saturated carbocycles. The van der Waals surface area contributed by atoms with Gasteiger partial charge in [-0.15, -0.1) is 0 Å².